The van der Waals surface area contributed by atoms with Gasteiger partial charge in [0.15, 0.2) is 6.61 Å². The van der Waals surface area contributed by atoms with E-state index < -0.39 is 5.91 Å². The number of nitrogens with two attached hydrogens (primary N) is 2. The maximum absolute atomic E-state index is 10.4. The van der Waals surface area contributed by atoms with Crippen molar-refractivity contribution in [2.75, 3.05) is 12.3 Å². The second kappa shape index (κ2) is 4.00. The van der Waals surface area contributed by atoms with E-state index >= 15 is 0 Å². The van der Waals surface area contributed by atoms with E-state index in [2.05, 4.69) is 0 Å². The summed E-state index contributed by atoms with van der Waals surface area (Å²) < 4.78 is 5.00. The normalized spacial score (nSPS) is 9.62. The number of anilines is 1. The molecule has 0 atom stereocenters. The van der Waals surface area contributed by atoms with Crippen molar-refractivity contribution in [3.63, 3.8) is 0 Å². The van der Waals surface area contributed by atoms with Crippen LogP contribution in [0.2, 0.25) is 5.02 Å². The van der Waals surface area contributed by atoms with E-state index in [0.29, 0.717) is 16.5 Å². The third-order valence-corrected chi connectivity index (χ3v) is 1.58. The lowest BCUT2D eigenvalue weighted by Gasteiger charge is -2.06. The van der Waals surface area contributed by atoms with E-state index in [0.717, 1.165) is 0 Å². The molecule has 0 radical (unpaired) electrons. The Balaban J connectivity index is 2.72. The van der Waals surface area contributed by atoms with Gasteiger partial charge < -0.3 is 16.2 Å². The summed E-state index contributed by atoms with van der Waals surface area (Å²) in [6.45, 7) is -0.189. The van der Waals surface area contributed by atoms with Gasteiger partial charge in [-0.25, -0.2) is 0 Å². The van der Waals surface area contributed by atoms with Gasteiger partial charge in [-0.2, -0.15) is 0 Å². The van der Waals surface area contributed by atoms with E-state index in [1.54, 1.807) is 12.1 Å². The molecule has 5 heteroatoms. The number of carbonyl (C=O) groups is 1. The van der Waals surface area contributed by atoms with Crippen LogP contribution >= 0.6 is 11.6 Å². The summed E-state index contributed by atoms with van der Waals surface area (Å²) in [6.07, 6.45) is 0. The maximum Gasteiger partial charge on any atom is 0.255 e. The topological polar surface area (TPSA) is 78.3 Å². The van der Waals surface area contributed by atoms with Crippen LogP contribution in [0.25, 0.3) is 0 Å². The Labute approximate surface area is 80.4 Å². The fraction of sp³-hybridized carbons (Fsp3) is 0.125. The number of ether oxygens (including phenoxy) is 1. The molecule has 13 heavy (non-hydrogen) atoms. The van der Waals surface area contributed by atoms with Gasteiger partial charge in [0, 0.05) is 5.02 Å². The Bertz CT molecular complexity index is 328. The van der Waals surface area contributed by atoms with E-state index in [1.807, 2.05) is 0 Å². The quantitative estimate of drug-likeness (QED) is 0.708. The molecule has 1 aromatic carbocycles. The number of amides is 1. The highest BCUT2D eigenvalue weighted by molar-refractivity contribution is 6.30. The molecule has 0 fully saturated rings. The van der Waals surface area contributed by atoms with Crippen LogP contribution in [0, 0.1) is 0 Å². The van der Waals surface area contributed by atoms with Gasteiger partial charge >= 0.3 is 0 Å². The zero-order chi connectivity index (χ0) is 9.84. The third kappa shape index (κ3) is 2.83. The van der Waals surface area contributed by atoms with E-state index in [1.165, 1.54) is 6.07 Å². The van der Waals surface area contributed by atoms with E-state index in [9.17, 15) is 4.79 Å². The van der Waals surface area contributed by atoms with Gasteiger partial charge in [-0.15, -0.1) is 0 Å². The molecular weight excluding hydrogens is 192 g/mol. The molecular formula is C8H9ClN2O2. The number of rotatable bonds is 3. The average molecular weight is 201 g/mol. The van der Waals surface area contributed by atoms with Crippen molar-refractivity contribution in [3.05, 3.63) is 23.2 Å². The van der Waals surface area contributed by atoms with Crippen LogP contribution < -0.4 is 16.2 Å². The molecule has 1 aromatic rings. The highest BCUT2D eigenvalue weighted by atomic mass is 35.5. The first kappa shape index (κ1) is 9.67. The summed E-state index contributed by atoms with van der Waals surface area (Å²) >= 11 is 5.65. The molecule has 0 saturated carbocycles. The van der Waals surface area contributed by atoms with Crippen LogP contribution in [-0.2, 0) is 4.79 Å². The zero-order valence-corrected chi connectivity index (χ0v) is 7.54. The number of carbonyl (C=O) groups excluding carboxylic acids is 1. The molecule has 0 heterocycles. The van der Waals surface area contributed by atoms with E-state index in [-0.39, 0.29) is 6.61 Å². The van der Waals surface area contributed by atoms with Crippen LogP contribution in [-0.4, -0.2) is 12.5 Å². The molecule has 1 amide bonds. The van der Waals surface area contributed by atoms with Crippen molar-refractivity contribution in [2.24, 2.45) is 5.73 Å². The van der Waals surface area contributed by atoms with Crippen molar-refractivity contribution in [3.8, 4) is 5.75 Å². The van der Waals surface area contributed by atoms with Gasteiger partial charge in [0.1, 0.15) is 5.75 Å². The van der Waals surface area contributed by atoms with Gasteiger partial charge in [0.2, 0.25) is 0 Å². The molecule has 0 aliphatic heterocycles. The van der Waals surface area contributed by atoms with E-state index in [4.69, 9.17) is 27.8 Å². The fourth-order valence-corrected chi connectivity index (χ4v) is 0.980. The number of hydrogen-bond donors (Lipinski definition) is 2. The van der Waals surface area contributed by atoms with Crippen molar-refractivity contribution in [1.29, 1.82) is 0 Å². The molecule has 70 valence electrons. The molecule has 4 N–H and O–H groups in total. The van der Waals surface area contributed by atoms with Crippen molar-refractivity contribution in [1.82, 2.24) is 0 Å². The number of nitrogen functional groups attached to an aromatic ring is 1. The summed E-state index contributed by atoms with van der Waals surface area (Å²) in [6, 6.07) is 4.74. The third-order valence-electron chi connectivity index (χ3n) is 1.34. The molecule has 0 aliphatic carbocycles. The Morgan fingerprint density at radius 1 is 1.54 bits per heavy atom. The summed E-state index contributed by atoms with van der Waals surface area (Å²) in [5, 5.41) is 0.518. The summed E-state index contributed by atoms with van der Waals surface area (Å²) in [5.74, 6) is -0.141. The highest BCUT2D eigenvalue weighted by Gasteiger charge is 2.02. The molecule has 0 unspecified atom stereocenters. The molecule has 1 rings (SSSR count). The molecule has 0 aliphatic rings. The number of halogens is 1. The van der Waals surface area contributed by atoms with Gasteiger partial charge in [-0.3, -0.25) is 4.79 Å². The maximum atomic E-state index is 10.4. The lowest BCUT2D eigenvalue weighted by atomic mass is 10.3. The molecule has 0 spiro atoms. The first-order valence-corrected chi connectivity index (χ1v) is 3.93. The number of primary amides is 1. The van der Waals surface area contributed by atoms with Gasteiger partial charge in [-0.1, -0.05) is 11.6 Å². The Hall–Kier alpha value is -1.42. The smallest absolute Gasteiger partial charge is 0.255 e. The largest absolute Gasteiger partial charge is 0.482 e. The van der Waals surface area contributed by atoms with Crippen molar-refractivity contribution >= 4 is 23.2 Å². The fourth-order valence-electron chi connectivity index (χ4n) is 0.800. The lowest BCUT2D eigenvalue weighted by Crippen LogP contribution is -2.20. The van der Waals surface area contributed by atoms with Crippen molar-refractivity contribution in [2.45, 2.75) is 0 Å². The highest BCUT2D eigenvalue weighted by Crippen LogP contribution is 2.24. The average Bonchev–Trinajstić information content (AvgIpc) is 2.02. The number of hydrogen-bond acceptors (Lipinski definition) is 3. The van der Waals surface area contributed by atoms with Gasteiger partial charge in [0.25, 0.3) is 5.91 Å². The summed E-state index contributed by atoms with van der Waals surface area (Å²) in [7, 11) is 0. The van der Waals surface area contributed by atoms with Crippen LogP contribution in [0.15, 0.2) is 18.2 Å². The summed E-state index contributed by atoms with van der Waals surface area (Å²) in [5.41, 5.74) is 10.8. The standard InChI is InChI=1S/C8H9ClN2O2/c9-5-1-2-7(6(10)3-5)13-4-8(11)12/h1-3H,4,10H2,(H2,11,12). The minimum absolute atomic E-state index is 0.189. The number of benzene rings is 1. The molecule has 4 nitrogen and oxygen atoms in total. The van der Waals surface area contributed by atoms with Crippen molar-refractivity contribution < 1.29 is 9.53 Å². The minimum atomic E-state index is -0.547. The molecule has 0 aromatic heterocycles. The predicted octanol–water partition coefficient (Wildman–Crippen LogP) is 0.786. The van der Waals surface area contributed by atoms with Crippen LogP contribution in [0.5, 0.6) is 5.75 Å². The Kier molecular flexibility index (Phi) is 2.97. The second-order valence-corrected chi connectivity index (χ2v) is 2.87. The minimum Gasteiger partial charge on any atom is -0.482 e. The van der Waals surface area contributed by atoms with Gasteiger partial charge in [0.05, 0.1) is 5.69 Å². The SMILES string of the molecule is NC(=O)COc1ccc(Cl)cc1N. The van der Waals surface area contributed by atoms with Crippen LogP contribution in [0.3, 0.4) is 0 Å². The zero-order valence-electron chi connectivity index (χ0n) is 6.79. The van der Waals surface area contributed by atoms with Crippen LogP contribution in [0.1, 0.15) is 0 Å². The molecule has 0 saturated heterocycles. The van der Waals surface area contributed by atoms with Crippen LogP contribution in [0.4, 0.5) is 5.69 Å². The first-order chi connectivity index (χ1) is 6.09. The molecule has 0 bridgehead atoms. The Morgan fingerprint density at radius 2 is 2.23 bits per heavy atom. The lowest BCUT2D eigenvalue weighted by molar-refractivity contribution is -0.119. The Morgan fingerprint density at radius 3 is 2.77 bits per heavy atom. The monoisotopic (exact) mass is 200 g/mol. The van der Waals surface area contributed by atoms with Gasteiger partial charge in [-0.05, 0) is 18.2 Å². The summed E-state index contributed by atoms with van der Waals surface area (Å²) in [4.78, 5) is 10.4. The first-order valence-electron chi connectivity index (χ1n) is 3.55. The second-order valence-electron chi connectivity index (χ2n) is 2.44. The predicted molar refractivity (Wildman–Crippen MR) is 50.6 cm³/mol.